The van der Waals surface area contributed by atoms with Crippen molar-refractivity contribution in [3.63, 3.8) is 0 Å². The van der Waals surface area contributed by atoms with E-state index in [2.05, 4.69) is 35.7 Å². The molecule has 1 aromatic rings. The Bertz CT molecular complexity index is 328. The lowest BCUT2D eigenvalue weighted by molar-refractivity contribution is -0.000352. The monoisotopic (exact) mass is 231 g/mol. The van der Waals surface area contributed by atoms with Crippen LogP contribution in [0.4, 0.5) is 0 Å². The van der Waals surface area contributed by atoms with E-state index < -0.39 is 0 Å². The highest BCUT2D eigenvalue weighted by Crippen LogP contribution is 2.15. The molecule has 0 bridgehead atoms. The molecule has 0 N–H and O–H groups in total. The maximum absolute atomic E-state index is 5.94. The fourth-order valence-corrected chi connectivity index (χ4v) is 2.23. The van der Waals surface area contributed by atoms with Crippen LogP contribution in [0.15, 0.2) is 43.0 Å². The van der Waals surface area contributed by atoms with Crippen molar-refractivity contribution in [1.29, 1.82) is 0 Å². The lowest BCUT2D eigenvalue weighted by Gasteiger charge is -2.31. The van der Waals surface area contributed by atoms with E-state index in [-0.39, 0.29) is 0 Å². The SMILES string of the molecule is C=CCN1CCC(OCc2ccccc2)CC1. The van der Waals surface area contributed by atoms with Gasteiger partial charge in [-0.15, -0.1) is 6.58 Å². The fourth-order valence-electron chi connectivity index (χ4n) is 2.23. The molecule has 0 amide bonds. The number of hydrogen-bond donors (Lipinski definition) is 0. The van der Waals surface area contributed by atoms with Gasteiger partial charge in [-0.1, -0.05) is 36.4 Å². The van der Waals surface area contributed by atoms with Crippen LogP contribution in [0.25, 0.3) is 0 Å². The Morgan fingerprint density at radius 3 is 2.59 bits per heavy atom. The highest BCUT2D eigenvalue weighted by atomic mass is 16.5. The Morgan fingerprint density at radius 2 is 1.94 bits per heavy atom. The first-order valence-electron chi connectivity index (χ1n) is 6.37. The zero-order valence-electron chi connectivity index (χ0n) is 10.3. The smallest absolute Gasteiger partial charge is 0.0720 e. The van der Waals surface area contributed by atoms with E-state index in [4.69, 9.17) is 4.74 Å². The molecule has 0 atom stereocenters. The Balaban J connectivity index is 1.70. The first kappa shape index (κ1) is 12.3. The second-order valence-electron chi connectivity index (χ2n) is 4.59. The van der Waals surface area contributed by atoms with Crippen molar-refractivity contribution < 1.29 is 4.74 Å². The number of nitrogens with zero attached hydrogens (tertiary/aromatic N) is 1. The van der Waals surface area contributed by atoms with Crippen molar-refractivity contribution in [3.8, 4) is 0 Å². The molecular formula is C15H21NO. The second kappa shape index (κ2) is 6.58. The van der Waals surface area contributed by atoms with Gasteiger partial charge in [0.05, 0.1) is 12.7 Å². The summed E-state index contributed by atoms with van der Waals surface area (Å²) >= 11 is 0. The van der Waals surface area contributed by atoms with E-state index in [1.807, 2.05) is 12.1 Å². The summed E-state index contributed by atoms with van der Waals surface area (Å²) in [5.41, 5.74) is 1.26. The molecule has 2 nitrogen and oxygen atoms in total. The first-order chi connectivity index (χ1) is 8.38. The molecule has 1 fully saturated rings. The van der Waals surface area contributed by atoms with Gasteiger partial charge in [-0.25, -0.2) is 0 Å². The van der Waals surface area contributed by atoms with E-state index in [0.717, 1.165) is 39.1 Å². The molecule has 2 rings (SSSR count). The quantitative estimate of drug-likeness (QED) is 0.722. The van der Waals surface area contributed by atoms with Gasteiger partial charge in [0.1, 0.15) is 0 Å². The Kier molecular flexibility index (Phi) is 4.77. The molecular weight excluding hydrogens is 210 g/mol. The maximum Gasteiger partial charge on any atom is 0.0720 e. The van der Waals surface area contributed by atoms with Gasteiger partial charge in [-0.05, 0) is 18.4 Å². The third-order valence-corrected chi connectivity index (χ3v) is 3.25. The van der Waals surface area contributed by atoms with Gasteiger partial charge >= 0.3 is 0 Å². The molecule has 0 saturated carbocycles. The summed E-state index contributed by atoms with van der Waals surface area (Å²) in [6, 6.07) is 10.4. The molecule has 2 heteroatoms. The summed E-state index contributed by atoms with van der Waals surface area (Å²) < 4.78 is 5.94. The Morgan fingerprint density at radius 1 is 1.24 bits per heavy atom. The van der Waals surface area contributed by atoms with E-state index >= 15 is 0 Å². The average Bonchev–Trinajstić information content (AvgIpc) is 2.40. The van der Waals surface area contributed by atoms with Crippen molar-refractivity contribution >= 4 is 0 Å². The molecule has 0 spiro atoms. The van der Waals surface area contributed by atoms with E-state index in [0.29, 0.717) is 6.10 Å². The van der Waals surface area contributed by atoms with Crippen LogP contribution in [0.5, 0.6) is 0 Å². The zero-order valence-corrected chi connectivity index (χ0v) is 10.3. The van der Waals surface area contributed by atoms with Gasteiger partial charge in [-0.3, -0.25) is 4.90 Å². The molecule has 0 radical (unpaired) electrons. The Hall–Kier alpha value is -1.12. The highest BCUT2D eigenvalue weighted by Gasteiger charge is 2.18. The third-order valence-electron chi connectivity index (χ3n) is 3.25. The minimum absolute atomic E-state index is 0.427. The zero-order chi connectivity index (χ0) is 11.9. The van der Waals surface area contributed by atoms with Crippen molar-refractivity contribution in [3.05, 3.63) is 48.6 Å². The van der Waals surface area contributed by atoms with E-state index in [1.54, 1.807) is 0 Å². The summed E-state index contributed by atoms with van der Waals surface area (Å²) in [6.07, 6.45) is 4.68. The van der Waals surface area contributed by atoms with Gasteiger partial charge in [0, 0.05) is 19.6 Å². The number of ether oxygens (including phenoxy) is 1. The average molecular weight is 231 g/mol. The van der Waals surface area contributed by atoms with E-state index in [1.165, 1.54) is 5.56 Å². The minimum atomic E-state index is 0.427. The third kappa shape index (κ3) is 3.99. The summed E-state index contributed by atoms with van der Waals surface area (Å²) in [5, 5.41) is 0. The molecule has 1 aliphatic rings. The van der Waals surface area contributed by atoms with Crippen molar-refractivity contribution in [2.24, 2.45) is 0 Å². The molecule has 17 heavy (non-hydrogen) atoms. The van der Waals surface area contributed by atoms with Crippen LogP contribution in [0.3, 0.4) is 0 Å². The summed E-state index contributed by atoms with van der Waals surface area (Å²) in [7, 11) is 0. The van der Waals surface area contributed by atoms with Gasteiger partial charge in [-0.2, -0.15) is 0 Å². The summed E-state index contributed by atoms with van der Waals surface area (Å²) in [5.74, 6) is 0. The predicted molar refractivity (Wildman–Crippen MR) is 70.9 cm³/mol. The number of benzene rings is 1. The molecule has 92 valence electrons. The van der Waals surface area contributed by atoms with Crippen molar-refractivity contribution in [2.75, 3.05) is 19.6 Å². The highest BCUT2D eigenvalue weighted by molar-refractivity contribution is 5.13. The van der Waals surface area contributed by atoms with Gasteiger partial charge in [0.15, 0.2) is 0 Å². The molecule has 0 aromatic heterocycles. The van der Waals surface area contributed by atoms with Gasteiger partial charge in [0.25, 0.3) is 0 Å². The van der Waals surface area contributed by atoms with E-state index in [9.17, 15) is 0 Å². The maximum atomic E-state index is 5.94. The minimum Gasteiger partial charge on any atom is -0.373 e. The molecule has 0 aliphatic carbocycles. The number of hydrogen-bond acceptors (Lipinski definition) is 2. The largest absolute Gasteiger partial charge is 0.373 e. The molecule has 1 saturated heterocycles. The normalized spacial score (nSPS) is 18.1. The van der Waals surface area contributed by atoms with Gasteiger partial charge in [0.2, 0.25) is 0 Å². The molecule has 1 aliphatic heterocycles. The number of piperidine rings is 1. The van der Waals surface area contributed by atoms with Crippen LogP contribution < -0.4 is 0 Å². The first-order valence-corrected chi connectivity index (χ1v) is 6.37. The predicted octanol–water partition coefficient (Wildman–Crippen LogP) is 2.85. The van der Waals surface area contributed by atoms with Crippen molar-refractivity contribution in [1.82, 2.24) is 4.90 Å². The fraction of sp³-hybridized carbons (Fsp3) is 0.467. The lowest BCUT2D eigenvalue weighted by atomic mass is 10.1. The topological polar surface area (TPSA) is 12.5 Å². The van der Waals surface area contributed by atoms with Crippen LogP contribution in [-0.4, -0.2) is 30.6 Å². The van der Waals surface area contributed by atoms with Crippen molar-refractivity contribution in [2.45, 2.75) is 25.6 Å². The molecule has 1 heterocycles. The summed E-state index contributed by atoms with van der Waals surface area (Å²) in [4.78, 5) is 2.43. The molecule has 0 unspecified atom stereocenters. The van der Waals surface area contributed by atoms with Crippen LogP contribution >= 0.6 is 0 Å². The second-order valence-corrected chi connectivity index (χ2v) is 4.59. The van der Waals surface area contributed by atoms with Gasteiger partial charge < -0.3 is 4.74 Å². The number of rotatable bonds is 5. The van der Waals surface area contributed by atoms with Crippen LogP contribution in [0.2, 0.25) is 0 Å². The van der Waals surface area contributed by atoms with Crippen LogP contribution in [0, 0.1) is 0 Å². The Labute approximate surface area is 104 Å². The summed E-state index contributed by atoms with van der Waals surface area (Å²) in [6.45, 7) is 7.79. The van der Waals surface area contributed by atoms with Crippen LogP contribution in [-0.2, 0) is 11.3 Å². The lowest BCUT2D eigenvalue weighted by Crippen LogP contribution is -2.36. The van der Waals surface area contributed by atoms with Crippen LogP contribution in [0.1, 0.15) is 18.4 Å². The molecule has 1 aromatic carbocycles. The number of likely N-dealkylation sites (tertiary alicyclic amines) is 1. The standard InChI is InChI=1S/C15H21NO/c1-2-10-16-11-8-15(9-12-16)17-13-14-6-4-3-5-7-14/h2-7,15H,1,8-13H2.